The third kappa shape index (κ3) is 13.4. The van der Waals surface area contributed by atoms with Gasteiger partial charge in [0.2, 0.25) is 0 Å². The van der Waals surface area contributed by atoms with Crippen molar-refractivity contribution in [3.05, 3.63) is 0 Å². The van der Waals surface area contributed by atoms with Crippen molar-refractivity contribution in [1.82, 2.24) is 0 Å². The molecule has 0 aliphatic rings. The molecule has 4 nitrogen and oxygen atoms in total. The van der Waals surface area contributed by atoms with E-state index in [2.05, 4.69) is 20.8 Å². The Morgan fingerprint density at radius 1 is 1.06 bits per heavy atom. The second kappa shape index (κ2) is 8.53. The van der Waals surface area contributed by atoms with Gasteiger partial charge in [-0.3, -0.25) is 4.79 Å². The Bertz CT molecular complexity index is 184. The number of hydrogen-bond donors (Lipinski definition) is 1. The van der Waals surface area contributed by atoms with Crippen LogP contribution in [0.15, 0.2) is 0 Å². The first-order chi connectivity index (χ1) is 7.42. The molecule has 16 heavy (non-hydrogen) atoms. The summed E-state index contributed by atoms with van der Waals surface area (Å²) in [6.45, 7) is 8.67. The summed E-state index contributed by atoms with van der Waals surface area (Å²) in [7, 11) is 0. The van der Waals surface area contributed by atoms with E-state index in [0.29, 0.717) is 18.6 Å². The Balaban J connectivity index is 3.07. The molecule has 0 radical (unpaired) electrons. The molecule has 0 spiro atoms. The van der Waals surface area contributed by atoms with E-state index in [9.17, 15) is 4.79 Å². The molecule has 0 aliphatic heterocycles. The molecule has 0 aromatic rings. The first kappa shape index (κ1) is 15.4. The van der Waals surface area contributed by atoms with Gasteiger partial charge in [-0.15, -0.1) is 0 Å². The minimum Gasteiger partial charge on any atom is -0.481 e. The van der Waals surface area contributed by atoms with E-state index in [1.54, 1.807) is 0 Å². The predicted octanol–water partition coefficient (Wildman–Crippen LogP) is 2.32. The first-order valence-corrected chi connectivity index (χ1v) is 5.79. The van der Waals surface area contributed by atoms with Crippen LogP contribution < -0.4 is 0 Å². The second-order valence-corrected chi connectivity index (χ2v) is 5.03. The van der Waals surface area contributed by atoms with Crippen molar-refractivity contribution >= 4 is 5.97 Å². The highest BCUT2D eigenvalue weighted by molar-refractivity contribution is 5.66. The molecule has 0 heterocycles. The summed E-state index contributed by atoms with van der Waals surface area (Å²) in [5, 5.41) is 8.35. The Kier molecular flexibility index (Phi) is 8.21. The van der Waals surface area contributed by atoms with Gasteiger partial charge in [0.1, 0.15) is 0 Å². The number of carboxylic acid groups (broad SMARTS) is 1. The zero-order chi connectivity index (χ0) is 12.4. The molecule has 0 bridgehead atoms. The normalized spacial score (nSPS) is 11.7. The summed E-state index contributed by atoms with van der Waals surface area (Å²) in [6.07, 6.45) is 2.26. The molecule has 4 heteroatoms. The quantitative estimate of drug-likeness (QED) is 0.620. The van der Waals surface area contributed by atoms with Crippen molar-refractivity contribution in [3.63, 3.8) is 0 Å². The van der Waals surface area contributed by atoms with Crippen molar-refractivity contribution in [2.75, 3.05) is 26.4 Å². The molecule has 0 aromatic heterocycles. The van der Waals surface area contributed by atoms with Gasteiger partial charge in [-0.1, -0.05) is 20.8 Å². The van der Waals surface area contributed by atoms with Gasteiger partial charge in [-0.05, 0) is 18.3 Å². The van der Waals surface area contributed by atoms with Crippen molar-refractivity contribution in [2.45, 2.75) is 40.0 Å². The van der Waals surface area contributed by atoms with Crippen LogP contribution in [0, 0.1) is 5.41 Å². The van der Waals surface area contributed by atoms with Gasteiger partial charge in [0.05, 0.1) is 26.2 Å². The number of carboxylic acids is 1. The Morgan fingerprint density at radius 3 is 2.12 bits per heavy atom. The molecule has 0 unspecified atom stereocenters. The van der Waals surface area contributed by atoms with Crippen LogP contribution in [0.2, 0.25) is 0 Å². The Labute approximate surface area is 97.9 Å². The molecule has 0 amide bonds. The maximum Gasteiger partial charge on any atom is 0.305 e. The van der Waals surface area contributed by atoms with E-state index in [1.807, 2.05) is 0 Å². The van der Waals surface area contributed by atoms with Crippen LogP contribution in [0.3, 0.4) is 0 Å². The zero-order valence-electron chi connectivity index (χ0n) is 10.6. The van der Waals surface area contributed by atoms with Crippen LogP contribution in [-0.4, -0.2) is 37.5 Å². The molecule has 1 N–H and O–H groups in total. The highest BCUT2D eigenvalue weighted by Crippen LogP contribution is 2.20. The van der Waals surface area contributed by atoms with E-state index in [0.717, 1.165) is 19.4 Å². The fraction of sp³-hybridized carbons (Fsp3) is 0.917. The Morgan fingerprint density at radius 2 is 1.62 bits per heavy atom. The summed E-state index contributed by atoms with van der Waals surface area (Å²) >= 11 is 0. The van der Waals surface area contributed by atoms with Gasteiger partial charge in [0.15, 0.2) is 0 Å². The van der Waals surface area contributed by atoms with Crippen LogP contribution in [0.4, 0.5) is 0 Å². The van der Waals surface area contributed by atoms with Gasteiger partial charge >= 0.3 is 5.97 Å². The second-order valence-electron chi connectivity index (χ2n) is 5.03. The third-order valence-electron chi connectivity index (χ3n) is 2.05. The maximum atomic E-state index is 10.2. The van der Waals surface area contributed by atoms with E-state index < -0.39 is 5.97 Å². The minimum atomic E-state index is -0.828. The van der Waals surface area contributed by atoms with E-state index in [4.69, 9.17) is 14.6 Å². The summed E-state index contributed by atoms with van der Waals surface area (Å²) < 4.78 is 10.4. The SMILES string of the molecule is CC(C)(C)CCCOCCOCCC(=O)O. The Hall–Kier alpha value is -0.610. The lowest BCUT2D eigenvalue weighted by atomic mass is 9.91. The van der Waals surface area contributed by atoms with Crippen molar-refractivity contribution in [2.24, 2.45) is 5.41 Å². The zero-order valence-corrected chi connectivity index (χ0v) is 10.6. The topological polar surface area (TPSA) is 55.8 Å². The molecule has 0 aliphatic carbocycles. The summed E-state index contributed by atoms with van der Waals surface area (Å²) in [5.41, 5.74) is 0.362. The average molecular weight is 232 g/mol. The number of carbonyl (C=O) groups is 1. The third-order valence-corrected chi connectivity index (χ3v) is 2.05. The lowest BCUT2D eigenvalue weighted by molar-refractivity contribution is -0.138. The number of hydrogen-bond acceptors (Lipinski definition) is 3. The molecule has 0 rings (SSSR count). The van der Waals surface area contributed by atoms with Crippen molar-refractivity contribution in [1.29, 1.82) is 0 Å². The van der Waals surface area contributed by atoms with Crippen molar-refractivity contribution < 1.29 is 19.4 Å². The smallest absolute Gasteiger partial charge is 0.305 e. The minimum absolute atomic E-state index is 0.0595. The molecular formula is C12H24O4. The molecule has 0 fully saturated rings. The first-order valence-electron chi connectivity index (χ1n) is 5.79. The van der Waals surface area contributed by atoms with Gasteiger partial charge in [-0.25, -0.2) is 0 Å². The number of rotatable bonds is 9. The lowest BCUT2D eigenvalue weighted by Gasteiger charge is -2.17. The maximum absolute atomic E-state index is 10.2. The molecule has 0 atom stereocenters. The van der Waals surface area contributed by atoms with Crippen molar-refractivity contribution in [3.8, 4) is 0 Å². The fourth-order valence-electron chi connectivity index (χ4n) is 1.19. The van der Waals surface area contributed by atoms with E-state index in [-0.39, 0.29) is 13.0 Å². The monoisotopic (exact) mass is 232 g/mol. The van der Waals surface area contributed by atoms with Crippen LogP contribution in [0.25, 0.3) is 0 Å². The summed E-state index contributed by atoms with van der Waals surface area (Å²) in [6, 6.07) is 0. The standard InChI is InChI=1S/C12H24O4/c1-12(2,3)6-4-7-15-9-10-16-8-5-11(13)14/h4-10H2,1-3H3,(H,13,14). The van der Waals surface area contributed by atoms with Gasteiger partial charge in [-0.2, -0.15) is 0 Å². The van der Waals surface area contributed by atoms with Crippen LogP contribution in [0.1, 0.15) is 40.0 Å². The number of aliphatic carboxylic acids is 1. The number of ether oxygens (including phenoxy) is 2. The summed E-state index contributed by atoms with van der Waals surface area (Å²) in [4.78, 5) is 10.2. The largest absolute Gasteiger partial charge is 0.481 e. The van der Waals surface area contributed by atoms with E-state index in [1.165, 1.54) is 0 Å². The average Bonchev–Trinajstić information content (AvgIpc) is 2.13. The van der Waals surface area contributed by atoms with Gasteiger partial charge in [0, 0.05) is 6.61 Å². The molecule has 0 saturated heterocycles. The lowest BCUT2D eigenvalue weighted by Crippen LogP contribution is -2.10. The predicted molar refractivity (Wildman–Crippen MR) is 62.6 cm³/mol. The molecule has 96 valence electrons. The van der Waals surface area contributed by atoms with Gasteiger partial charge < -0.3 is 14.6 Å². The van der Waals surface area contributed by atoms with E-state index >= 15 is 0 Å². The highest BCUT2D eigenvalue weighted by Gasteiger charge is 2.08. The fourth-order valence-corrected chi connectivity index (χ4v) is 1.19. The molecular weight excluding hydrogens is 208 g/mol. The van der Waals surface area contributed by atoms with Gasteiger partial charge in [0.25, 0.3) is 0 Å². The summed E-state index contributed by atoms with van der Waals surface area (Å²) in [5.74, 6) is -0.828. The molecule has 0 aromatic carbocycles. The molecule has 0 saturated carbocycles. The van der Waals surface area contributed by atoms with Crippen LogP contribution >= 0.6 is 0 Å². The highest BCUT2D eigenvalue weighted by atomic mass is 16.5. The van der Waals surface area contributed by atoms with Crippen LogP contribution in [0.5, 0.6) is 0 Å². The van der Waals surface area contributed by atoms with Crippen LogP contribution in [-0.2, 0) is 14.3 Å².